The van der Waals surface area contributed by atoms with Crippen LogP contribution in [0, 0.1) is 0 Å². The minimum Gasteiger partial charge on any atom is -0.476 e. The number of carboxylic acids is 1. The minimum absolute atomic E-state index is 0.0119. The average molecular weight is 218 g/mol. The first kappa shape index (κ1) is 10.8. The molecule has 1 rings (SSSR count). The fraction of sp³-hybridized carbons (Fsp3) is 0.500. The van der Waals surface area contributed by atoms with Crippen molar-refractivity contribution in [1.29, 1.82) is 0 Å². The van der Waals surface area contributed by atoms with Gasteiger partial charge < -0.3 is 10.8 Å². The summed E-state index contributed by atoms with van der Waals surface area (Å²) in [6, 6.07) is -0.0316. The van der Waals surface area contributed by atoms with Crippen molar-refractivity contribution in [2.75, 3.05) is 5.73 Å². The lowest BCUT2D eigenvalue weighted by molar-refractivity contribution is 0.0680. The summed E-state index contributed by atoms with van der Waals surface area (Å²) in [6.45, 7) is 3.79. The van der Waals surface area contributed by atoms with Crippen LogP contribution in [0.4, 0.5) is 5.82 Å². The number of nitrogen functional groups attached to an aromatic ring is 1. The molecule has 0 amide bonds. The highest BCUT2D eigenvalue weighted by molar-refractivity contribution is 6.35. The Morgan fingerprint density at radius 2 is 2.36 bits per heavy atom. The van der Waals surface area contributed by atoms with Gasteiger partial charge in [0.15, 0.2) is 11.5 Å². The van der Waals surface area contributed by atoms with Crippen LogP contribution < -0.4 is 5.73 Å². The van der Waals surface area contributed by atoms with Crippen molar-refractivity contribution in [3.05, 3.63) is 10.7 Å². The SMILES string of the molecule is CCC(C)n1nc(N)c(Cl)c1C(=O)O. The van der Waals surface area contributed by atoms with Crippen LogP contribution in [0.25, 0.3) is 0 Å². The first-order valence-electron chi connectivity index (χ1n) is 4.25. The fourth-order valence-corrected chi connectivity index (χ4v) is 1.32. The number of nitrogens with zero attached hydrogens (tertiary/aromatic N) is 2. The number of aromatic nitrogens is 2. The van der Waals surface area contributed by atoms with Crippen molar-refractivity contribution < 1.29 is 9.90 Å². The lowest BCUT2D eigenvalue weighted by Crippen LogP contribution is -2.14. The Labute approximate surface area is 86.5 Å². The lowest BCUT2D eigenvalue weighted by atomic mass is 10.2. The molecule has 6 heteroatoms. The van der Waals surface area contributed by atoms with Gasteiger partial charge in [-0.2, -0.15) is 5.10 Å². The number of carbonyl (C=O) groups is 1. The third-order valence-corrected chi connectivity index (χ3v) is 2.46. The summed E-state index contributed by atoms with van der Waals surface area (Å²) in [7, 11) is 0. The van der Waals surface area contributed by atoms with Crippen molar-refractivity contribution >= 4 is 23.4 Å². The van der Waals surface area contributed by atoms with E-state index in [1.165, 1.54) is 4.68 Å². The van der Waals surface area contributed by atoms with Gasteiger partial charge >= 0.3 is 5.97 Å². The summed E-state index contributed by atoms with van der Waals surface area (Å²) >= 11 is 5.72. The summed E-state index contributed by atoms with van der Waals surface area (Å²) in [5.41, 5.74) is 5.40. The Morgan fingerprint density at radius 1 is 1.79 bits per heavy atom. The predicted molar refractivity (Wildman–Crippen MR) is 53.6 cm³/mol. The summed E-state index contributed by atoms with van der Waals surface area (Å²) in [5.74, 6) is -1.05. The monoisotopic (exact) mass is 217 g/mol. The number of carboxylic acid groups (broad SMARTS) is 1. The molecule has 14 heavy (non-hydrogen) atoms. The maximum absolute atomic E-state index is 10.9. The van der Waals surface area contributed by atoms with E-state index in [9.17, 15) is 4.79 Å². The van der Waals surface area contributed by atoms with Gasteiger partial charge in [-0.3, -0.25) is 4.68 Å². The molecule has 0 aliphatic heterocycles. The first-order chi connectivity index (χ1) is 6.49. The summed E-state index contributed by atoms with van der Waals surface area (Å²) in [6.07, 6.45) is 0.762. The number of halogens is 1. The van der Waals surface area contributed by atoms with Gasteiger partial charge in [0.25, 0.3) is 0 Å². The lowest BCUT2D eigenvalue weighted by Gasteiger charge is -2.10. The molecular formula is C8H12ClN3O2. The van der Waals surface area contributed by atoms with E-state index in [1.807, 2.05) is 13.8 Å². The van der Waals surface area contributed by atoms with Crippen LogP contribution in [0.5, 0.6) is 0 Å². The Hall–Kier alpha value is -1.23. The van der Waals surface area contributed by atoms with Gasteiger partial charge in [0.1, 0.15) is 5.02 Å². The summed E-state index contributed by atoms with van der Waals surface area (Å²) in [5, 5.41) is 12.8. The quantitative estimate of drug-likeness (QED) is 0.809. The van der Waals surface area contributed by atoms with Gasteiger partial charge in [-0.1, -0.05) is 18.5 Å². The molecule has 0 radical (unpaired) electrons. The van der Waals surface area contributed by atoms with Crippen molar-refractivity contribution in [1.82, 2.24) is 9.78 Å². The van der Waals surface area contributed by atoms with Crippen LogP contribution in [-0.4, -0.2) is 20.9 Å². The molecule has 0 spiro atoms. The molecular weight excluding hydrogens is 206 g/mol. The Balaban J connectivity index is 3.29. The molecule has 1 heterocycles. The molecule has 0 aromatic carbocycles. The van der Waals surface area contributed by atoms with Crippen LogP contribution >= 0.6 is 11.6 Å². The van der Waals surface area contributed by atoms with Crippen LogP contribution in [0.1, 0.15) is 36.8 Å². The average Bonchev–Trinajstić information content (AvgIpc) is 2.42. The maximum atomic E-state index is 10.9. The van der Waals surface area contributed by atoms with Crippen LogP contribution in [0.15, 0.2) is 0 Å². The van der Waals surface area contributed by atoms with E-state index >= 15 is 0 Å². The normalized spacial score (nSPS) is 12.8. The maximum Gasteiger partial charge on any atom is 0.355 e. The smallest absolute Gasteiger partial charge is 0.355 e. The molecule has 5 nitrogen and oxygen atoms in total. The highest BCUT2D eigenvalue weighted by Crippen LogP contribution is 2.26. The zero-order valence-corrected chi connectivity index (χ0v) is 8.75. The Kier molecular flexibility index (Phi) is 3.00. The molecule has 0 aliphatic rings. The molecule has 0 saturated carbocycles. The summed E-state index contributed by atoms with van der Waals surface area (Å²) in [4.78, 5) is 10.9. The molecule has 1 unspecified atom stereocenters. The molecule has 0 fully saturated rings. The van der Waals surface area contributed by atoms with Crippen molar-refractivity contribution in [2.45, 2.75) is 26.3 Å². The van der Waals surface area contributed by atoms with Crippen molar-refractivity contribution in [3.8, 4) is 0 Å². The molecule has 1 aromatic rings. The number of anilines is 1. The van der Waals surface area contributed by atoms with E-state index in [2.05, 4.69) is 5.10 Å². The van der Waals surface area contributed by atoms with E-state index in [1.54, 1.807) is 0 Å². The predicted octanol–water partition coefficient (Wildman–Crippen LogP) is 1.79. The number of hydrogen-bond donors (Lipinski definition) is 2. The van der Waals surface area contributed by atoms with Gasteiger partial charge in [-0.05, 0) is 13.3 Å². The second-order valence-electron chi connectivity index (χ2n) is 3.05. The number of rotatable bonds is 3. The molecule has 0 saturated heterocycles. The second-order valence-corrected chi connectivity index (χ2v) is 3.43. The zero-order valence-electron chi connectivity index (χ0n) is 7.99. The van der Waals surface area contributed by atoms with E-state index in [-0.39, 0.29) is 22.6 Å². The second kappa shape index (κ2) is 3.88. The van der Waals surface area contributed by atoms with E-state index in [4.69, 9.17) is 22.4 Å². The molecule has 1 atom stereocenters. The fourth-order valence-electron chi connectivity index (χ4n) is 1.12. The van der Waals surface area contributed by atoms with Gasteiger partial charge in [0.2, 0.25) is 0 Å². The highest BCUT2D eigenvalue weighted by atomic mass is 35.5. The van der Waals surface area contributed by atoms with E-state index < -0.39 is 5.97 Å². The topological polar surface area (TPSA) is 81.1 Å². The molecule has 3 N–H and O–H groups in total. The third kappa shape index (κ3) is 1.68. The minimum atomic E-state index is -1.11. The van der Waals surface area contributed by atoms with Crippen LogP contribution in [-0.2, 0) is 0 Å². The van der Waals surface area contributed by atoms with E-state index in [0.29, 0.717) is 0 Å². The van der Waals surface area contributed by atoms with Gasteiger partial charge in [-0.15, -0.1) is 0 Å². The van der Waals surface area contributed by atoms with Gasteiger partial charge in [0.05, 0.1) is 0 Å². The van der Waals surface area contributed by atoms with Crippen molar-refractivity contribution in [2.24, 2.45) is 0 Å². The van der Waals surface area contributed by atoms with Crippen LogP contribution in [0.3, 0.4) is 0 Å². The van der Waals surface area contributed by atoms with Gasteiger partial charge in [-0.25, -0.2) is 4.79 Å². The van der Waals surface area contributed by atoms with Gasteiger partial charge in [0, 0.05) is 6.04 Å². The molecule has 1 aromatic heterocycles. The number of aromatic carboxylic acids is 1. The molecule has 0 aliphatic carbocycles. The highest BCUT2D eigenvalue weighted by Gasteiger charge is 2.22. The number of nitrogens with two attached hydrogens (primary N) is 1. The third-order valence-electron chi connectivity index (χ3n) is 2.09. The standard InChI is InChI=1S/C8H12ClN3O2/c1-3-4(2)12-6(8(13)14)5(9)7(10)11-12/h4H,3H2,1-2H3,(H2,10,11)(H,13,14). The number of hydrogen-bond acceptors (Lipinski definition) is 3. The van der Waals surface area contributed by atoms with E-state index in [0.717, 1.165) is 6.42 Å². The Bertz CT molecular complexity index is 362. The largest absolute Gasteiger partial charge is 0.476 e. The zero-order chi connectivity index (χ0) is 10.9. The molecule has 0 bridgehead atoms. The van der Waals surface area contributed by atoms with Crippen LogP contribution in [0.2, 0.25) is 5.02 Å². The summed E-state index contributed by atoms with van der Waals surface area (Å²) < 4.78 is 1.35. The van der Waals surface area contributed by atoms with Crippen molar-refractivity contribution in [3.63, 3.8) is 0 Å². The molecule has 78 valence electrons. The first-order valence-corrected chi connectivity index (χ1v) is 4.63. The Morgan fingerprint density at radius 3 is 2.79 bits per heavy atom.